The van der Waals surface area contributed by atoms with E-state index in [-0.39, 0.29) is 18.1 Å². The number of piperazine rings is 1. The molecule has 7 nitrogen and oxygen atoms in total. The minimum Gasteiger partial charge on any atom is -0.473 e. The number of pyridine rings is 1. The first kappa shape index (κ1) is 17.8. The molecule has 0 N–H and O–H groups in total. The second-order valence-electron chi connectivity index (χ2n) is 5.97. The third kappa shape index (κ3) is 4.56. The van der Waals surface area contributed by atoms with Crippen molar-refractivity contribution in [1.82, 2.24) is 14.8 Å². The molecule has 1 unspecified atom stereocenters. The number of nitrogens with zero attached hydrogens (tertiary/aromatic N) is 3. The molecule has 0 bridgehead atoms. The van der Waals surface area contributed by atoms with Crippen LogP contribution in [-0.2, 0) is 4.74 Å². The molecule has 3 rings (SSSR count). The minimum atomic E-state index is -0.317. The van der Waals surface area contributed by atoms with Crippen molar-refractivity contribution in [2.75, 3.05) is 44.3 Å². The van der Waals surface area contributed by atoms with E-state index < -0.39 is 0 Å². The maximum atomic E-state index is 12.6. The molecule has 2 fully saturated rings. The summed E-state index contributed by atoms with van der Waals surface area (Å²) in [5.74, 6) is 2.61. The van der Waals surface area contributed by atoms with Crippen LogP contribution in [0.25, 0.3) is 0 Å². The Morgan fingerprint density at radius 1 is 1.24 bits per heavy atom. The van der Waals surface area contributed by atoms with Crippen LogP contribution >= 0.6 is 11.8 Å². The molecule has 2 amide bonds. The van der Waals surface area contributed by atoms with E-state index >= 15 is 0 Å². The Bertz CT molecular complexity index is 596. The average molecular weight is 365 g/mol. The highest BCUT2D eigenvalue weighted by molar-refractivity contribution is 7.99. The number of carbonyl (C=O) groups excluding carboxylic acids is 2. The van der Waals surface area contributed by atoms with Gasteiger partial charge in [0.05, 0.1) is 12.2 Å². The minimum absolute atomic E-state index is 0.0704. The van der Waals surface area contributed by atoms with Gasteiger partial charge in [-0.15, -0.1) is 0 Å². The van der Waals surface area contributed by atoms with E-state index in [1.165, 1.54) is 0 Å². The van der Waals surface area contributed by atoms with Gasteiger partial charge in [-0.05, 0) is 25.2 Å². The fraction of sp³-hybridized carbons (Fsp3) is 0.588. The van der Waals surface area contributed by atoms with E-state index in [9.17, 15) is 9.59 Å². The van der Waals surface area contributed by atoms with Gasteiger partial charge in [-0.25, -0.2) is 9.78 Å². The van der Waals surface area contributed by atoms with Crippen molar-refractivity contribution in [2.45, 2.75) is 19.4 Å². The largest absolute Gasteiger partial charge is 0.473 e. The molecule has 0 radical (unpaired) electrons. The van der Waals surface area contributed by atoms with Crippen molar-refractivity contribution in [2.24, 2.45) is 0 Å². The molecule has 0 saturated carbocycles. The molecular formula is C17H23N3O4S. The summed E-state index contributed by atoms with van der Waals surface area (Å²) >= 11 is 1.88. The predicted molar refractivity (Wildman–Crippen MR) is 95.1 cm³/mol. The van der Waals surface area contributed by atoms with E-state index in [2.05, 4.69) is 4.98 Å². The van der Waals surface area contributed by atoms with Crippen LogP contribution in [0.1, 0.15) is 23.7 Å². The van der Waals surface area contributed by atoms with Gasteiger partial charge in [0.1, 0.15) is 6.10 Å². The van der Waals surface area contributed by atoms with Gasteiger partial charge in [0.2, 0.25) is 5.88 Å². The predicted octanol–water partition coefficient (Wildman–Crippen LogP) is 1.88. The SMILES string of the molecule is CCOC(=O)N1CCN(C(=O)c2ccc(OC3CCSC3)nc2)CC1. The highest BCUT2D eigenvalue weighted by Gasteiger charge is 2.26. The standard InChI is InChI=1S/C17H23N3O4S/c1-2-23-17(22)20-8-6-19(7-9-20)16(21)13-3-4-15(18-11-13)24-14-5-10-25-12-14/h3-4,11,14H,2,5-10,12H2,1H3. The average Bonchev–Trinajstić information content (AvgIpc) is 3.15. The van der Waals surface area contributed by atoms with E-state index in [0.29, 0.717) is 44.2 Å². The summed E-state index contributed by atoms with van der Waals surface area (Å²) in [4.78, 5) is 31.9. The zero-order chi connectivity index (χ0) is 17.6. The lowest BCUT2D eigenvalue weighted by molar-refractivity contribution is 0.0570. The number of hydrogen-bond acceptors (Lipinski definition) is 6. The van der Waals surface area contributed by atoms with Gasteiger partial charge in [0, 0.05) is 44.2 Å². The number of carbonyl (C=O) groups is 2. The molecular weight excluding hydrogens is 342 g/mol. The summed E-state index contributed by atoms with van der Waals surface area (Å²) in [7, 11) is 0. The van der Waals surface area contributed by atoms with Crippen LogP contribution in [0.2, 0.25) is 0 Å². The quantitative estimate of drug-likeness (QED) is 0.811. The molecule has 3 heterocycles. The van der Waals surface area contributed by atoms with Crippen LogP contribution in [0.4, 0.5) is 4.79 Å². The highest BCUT2D eigenvalue weighted by atomic mass is 32.2. The lowest BCUT2D eigenvalue weighted by Gasteiger charge is -2.34. The molecule has 1 atom stereocenters. The molecule has 0 spiro atoms. The Hall–Kier alpha value is -1.96. The van der Waals surface area contributed by atoms with Crippen LogP contribution < -0.4 is 4.74 Å². The number of hydrogen-bond donors (Lipinski definition) is 0. The summed E-state index contributed by atoms with van der Waals surface area (Å²) in [5, 5.41) is 0. The summed E-state index contributed by atoms with van der Waals surface area (Å²) in [6, 6.07) is 3.51. The second kappa shape index (κ2) is 8.42. The first-order chi connectivity index (χ1) is 12.2. The van der Waals surface area contributed by atoms with Crippen molar-refractivity contribution in [3.8, 4) is 5.88 Å². The smallest absolute Gasteiger partial charge is 0.409 e. The topological polar surface area (TPSA) is 72.0 Å². The fourth-order valence-corrected chi connectivity index (χ4v) is 3.94. The Labute approximate surface area is 151 Å². The lowest BCUT2D eigenvalue weighted by Crippen LogP contribution is -2.50. The Morgan fingerprint density at radius 3 is 2.60 bits per heavy atom. The highest BCUT2D eigenvalue weighted by Crippen LogP contribution is 2.22. The molecule has 136 valence electrons. The van der Waals surface area contributed by atoms with Crippen molar-refractivity contribution in [1.29, 1.82) is 0 Å². The third-order valence-electron chi connectivity index (χ3n) is 4.25. The number of rotatable bonds is 4. The normalized spacial score (nSPS) is 20.4. The molecule has 2 aliphatic rings. The number of amides is 2. The maximum Gasteiger partial charge on any atom is 0.409 e. The summed E-state index contributed by atoms with van der Waals surface area (Å²) in [6.45, 7) is 4.10. The van der Waals surface area contributed by atoms with E-state index in [1.807, 2.05) is 11.8 Å². The van der Waals surface area contributed by atoms with Gasteiger partial charge >= 0.3 is 6.09 Å². The Kier molecular flexibility index (Phi) is 6.01. The zero-order valence-corrected chi connectivity index (χ0v) is 15.2. The van der Waals surface area contributed by atoms with Crippen LogP contribution in [0.5, 0.6) is 5.88 Å². The number of thioether (sulfide) groups is 1. The van der Waals surface area contributed by atoms with Gasteiger partial charge in [-0.3, -0.25) is 4.79 Å². The molecule has 1 aromatic rings. The molecule has 0 aliphatic carbocycles. The second-order valence-corrected chi connectivity index (χ2v) is 7.12. The van der Waals surface area contributed by atoms with E-state index in [0.717, 1.165) is 17.9 Å². The molecule has 2 aliphatic heterocycles. The monoisotopic (exact) mass is 365 g/mol. The fourth-order valence-electron chi connectivity index (χ4n) is 2.84. The van der Waals surface area contributed by atoms with Gasteiger partial charge in [-0.2, -0.15) is 11.8 Å². The van der Waals surface area contributed by atoms with Crippen molar-refractivity contribution in [3.05, 3.63) is 23.9 Å². The summed E-state index contributed by atoms with van der Waals surface area (Å²) in [6.07, 6.45) is 2.51. The van der Waals surface area contributed by atoms with Gasteiger partial charge in [0.15, 0.2) is 0 Å². The first-order valence-corrected chi connectivity index (χ1v) is 9.74. The van der Waals surface area contributed by atoms with Gasteiger partial charge in [-0.1, -0.05) is 0 Å². The zero-order valence-electron chi connectivity index (χ0n) is 14.3. The van der Waals surface area contributed by atoms with Crippen LogP contribution in [-0.4, -0.2) is 77.2 Å². The number of aromatic nitrogens is 1. The number of ether oxygens (including phenoxy) is 2. The van der Waals surface area contributed by atoms with E-state index in [4.69, 9.17) is 9.47 Å². The summed E-state index contributed by atoms with van der Waals surface area (Å²) in [5.41, 5.74) is 0.540. The van der Waals surface area contributed by atoms with Crippen molar-refractivity contribution in [3.63, 3.8) is 0 Å². The van der Waals surface area contributed by atoms with Gasteiger partial charge in [0.25, 0.3) is 5.91 Å². The molecule has 1 aromatic heterocycles. The lowest BCUT2D eigenvalue weighted by atomic mass is 10.2. The summed E-state index contributed by atoms with van der Waals surface area (Å²) < 4.78 is 10.8. The first-order valence-electron chi connectivity index (χ1n) is 8.59. The molecule has 25 heavy (non-hydrogen) atoms. The molecule has 2 saturated heterocycles. The van der Waals surface area contributed by atoms with Crippen molar-refractivity contribution >= 4 is 23.8 Å². The molecule has 0 aromatic carbocycles. The van der Waals surface area contributed by atoms with Crippen LogP contribution in [0.3, 0.4) is 0 Å². The van der Waals surface area contributed by atoms with Crippen LogP contribution in [0.15, 0.2) is 18.3 Å². The molecule has 8 heteroatoms. The Morgan fingerprint density at radius 2 is 2.00 bits per heavy atom. The van der Waals surface area contributed by atoms with E-state index in [1.54, 1.807) is 35.1 Å². The van der Waals surface area contributed by atoms with Crippen LogP contribution in [0, 0.1) is 0 Å². The maximum absolute atomic E-state index is 12.6. The van der Waals surface area contributed by atoms with Crippen molar-refractivity contribution < 1.29 is 19.1 Å². The Balaban J connectivity index is 1.52. The van der Waals surface area contributed by atoms with Gasteiger partial charge < -0.3 is 19.3 Å². The third-order valence-corrected chi connectivity index (χ3v) is 5.38.